The van der Waals surface area contributed by atoms with Crippen LogP contribution in [0.4, 0.5) is 4.39 Å². The molecule has 29 heavy (non-hydrogen) atoms. The largest absolute Gasteiger partial charge is 0.402 e. The Morgan fingerprint density at radius 3 is 2.62 bits per heavy atom. The number of piperazine rings is 1. The summed E-state index contributed by atoms with van der Waals surface area (Å²) in [5.41, 5.74) is 0.868. The molecule has 1 saturated heterocycles. The van der Waals surface area contributed by atoms with E-state index in [-0.39, 0.29) is 17.4 Å². The first-order valence-corrected chi connectivity index (χ1v) is 9.67. The van der Waals surface area contributed by atoms with Crippen molar-refractivity contribution in [2.75, 3.05) is 39.3 Å². The number of carbonyl (C=O) groups is 1. The van der Waals surface area contributed by atoms with Gasteiger partial charge in [-0.25, -0.2) is 14.2 Å². The quantitative estimate of drug-likeness (QED) is 0.621. The van der Waals surface area contributed by atoms with Crippen molar-refractivity contribution in [1.29, 1.82) is 0 Å². The van der Waals surface area contributed by atoms with Crippen LogP contribution in [0.2, 0.25) is 0 Å². The van der Waals surface area contributed by atoms with Crippen LogP contribution in [0.25, 0.3) is 10.8 Å². The summed E-state index contributed by atoms with van der Waals surface area (Å²) >= 11 is 0. The number of nitrogens with one attached hydrogen (secondary N) is 1. The summed E-state index contributed by atoms with van der Waals surface area (Å²) in [6, 6.07) is 10.1. The number of benzene rings is 2. The van der Waals surface area contributed by atoms with Crippen molar-refractivity contribution in [2.45, 2.75) is 0 Å². The maximum Gasteiger partial charge on any atom is 0.365 e. The number of rotatable bonds is 2. The van der Waals surface area contributed by atoms with Gasteiger partial charge in [0.15, 0.2) is 11.7 Å². The van der Waals surface area contributed by atoms with Crippen LogP contribution in [0.1, 0.15) is 5.56 Å². The number of guanidine groups is 1. The Morgan fingerprint density at radius 1 is 1.07 bits per heavy atom. The van der Waals surface area contributed by atoms with Crippen molar-refractivity contribution >= 4 is 28.6 Å². The third-order valence-electron chi connectivity index (χ3n) is 5.30. The minimum atomic E-state index is -0.488. The van der Waals surface area contributed by atoms with Gasteiger partial charge < -0.3 is 19.9 Å². The highest BCUT2D eigenvalue weighted by Gasteiger charge is 2.27. The third-order valence-corrected chi connectivity index (χ3v) is 5.30. The standard InChI is InChI=1S/C21H20FN5O2/c22-17-6-5-16(14-3-1-2-4-15(14)17)19-25-18(20(28)29-19)13-26-9-11-27(12-10-26)21-23-7-8-24-21/h1-6,13H,7-12H2,(H,23,24). The number of hydrogen-bond acceptors (Lipinski definition) is 7. The first-order chi connectivity index (χ1) is 14.2. The Labute approximate surface area is 167 Å². The average Bonchev–Trinajstić information content (AvgIpc) is 3.40. The number of fused-ring (bicyclic) bond motifs is 1. The molecule has 8 heteroatoms. The van der Waals surface area contributed by atoms with Crippen LogP contribution in [0.5, 0.6) is 0 Å². The van der Waals surface area contributed by atoms with Crippen LogP contribution < -0.4 is 5.32 Å². The van der Waals surface area contributed by atoms with Gasteiger partial charge in [-0.2, -0.15) is 0 Å². The summed E-state index contributed by atoms with van der Waals surface area (Å²) in [6.07, 6.45) is 1.75. The second kappa shape index (κ2) is 7.20. The molecule has 148 valence electrons. The van der Waals surface area contributed by atoms with Crippen molar-refractivity contribution < 1.29 is 13.9 Å². The molecule has 0 radical (unpaired) electrons. The molecule has 0 unspecified atom stereocenters. The van der Waals surface area contributed by atoms with E-state index in [1.54, 1.807) is 30.5 Å². The fourth-order valence-electron chi connectivity index (χ4n) is 3.80. The van der Waals surface area contributed by atoms with Gasteiger partial charge in [0.25, 0.3) is 0 Å². The molecule has 0 amide bonds. The lowest BCUT2D eigenvalue weighted by molar-refractivity contribution is -0.130. The molecule has 0 spiro atoms. The molecule has 7 nitrogen and oxygen atoms in total. The molecule has 0 atom stereocenters. The summed E-state index contributed by atoms with van der Waals surface area (Å²) < 4.78 is 19.5. The topological polar surface area (TPSA) is 69.5 Å². The highest BCUT2D eigenvalue weighted by molar-refractivity contribution is 6.16. The van der Waals surface area contributed by atoms with Gasteiger partial charge in [-0.15, -0.1) is 0 Å². The molecular weight excluding hydrogens is 373 g/mol. The average molecular weight is 393 g/mol. The zero-order chi connectivity index (χ0) is 19.8. The Bertz CT molecular complexity index is 1070. The molecule has 2 aromatic carbocycles. The van der Waals surface area contributed by atoms with E-state index in [1.165, 1.54) is 6.07 Å². The molecule has 1 fully saturated rings. The molecule has 0 aliphatic carbocycles. The molecule has 0 saturated carbocycles. The first-order valence-electron chi connectivity index (χ1n) is 9.67. The molecule has 5 rings (SSSR count). The fourth-order valence-corrected chi connectivity index (χ4v) is 3.80. The summed E-state index contributed by atoms with van der Waals surface area (Å²) in [4.78, 5) is 25.5. The van der Waals surface area contributed by atoms with Crippen LogP contribution in [-0.2, 0) is 9.53 Å². The summed E-state index contributed by atoms with van der Waals surface area (Å²) in [7, 11) is 0. The lowest BCUT2D eigenvalue weighted by Crippen LogP contribution is -2.50. The Balaban J connectivity index is 1.36. The molecule has 1 N–H and O–H groups in total. The van der Waals surface area contributed by atoms with Crippen molar-refractivity contribution in [2.24, 2.45) is 9.98 Å². The van der Waals surface area contributed by atoms with Gasteiger partial charge in [0, 0.05) is 49.9 Å². The highest BCUT2D eigenvalue weighted by Crippen LogP contribution is 2.26. The lowest BCUT2D eigenvalue weighted by atomic mass is 10.0. The maximum atomic E-state index is 14.1. The number of ether oxygens (including phenoxy) is 1. The van der Waals surface area contributed by atoms with E-state index in [4.69, 9.17) is 4.74 Å². The van der Waals surface area contributed by atoms with Crippen LogP contribution >= 0.6 is 0 Å². The molecule has 0 aromatic heterocycles. The Hall–Kier alpha value is -3.42. The SMILES string of the molecule is O=C1OC(c2ccc(F)c3ccccc23)=NC1=CN1CCN(C2=NCCN2)CC1. The van der Waals surface area contributed by atoms with Crippen molar-refractivity contribution in [3.63, 3.8) is 0 Å². The van der Waals surface area contributed by atoms with E-state index in [0.29, 0.717) is 16.3 Å². The van der Waals surface area contributed by atoms with Gasteiger partial charge in [-0.05, 0) is 17.5 Å². The van der Waals surface area contributed by atoms with E-state index in [1.807, 2.05) is 6.07 Å². The summed E-state index contributed by atoms with van der Waals surface area (Å²) in [5.74, 6) is 0.364. The van der Waals surface area contributed by atoms with Crippen LogP contribution in [0.3, 0.4) is 0 Å². The summed E-state index contributed by atoms with van der Waals surface area (Å²) in [6.45, 7) is 4.89. The molecule has 3 aliphatic heterocycles. The second-order valence-electron chi connectivity index (χ2n) is 7.12. The highest BCUT2D eigenvalue weighted by atomic mass is 19.1. The van der Waals surface area contributed by atoms with Gasteiger partial charge >= 0.3 is 5.97 Å². The van der Waals surface area contributed by atoms with Gasteiger partial charge in [0.2, 0.25) is 5.90 Å². The molecule has 2 aromatic rings. The smallest absolute Gasteiger partial charge is 0.365 e. The van der Waals surface area contributed by atoms with Gasteiger partial charge in [0.1, 0.15) is 5.82 Å². The van der Waals surface area contributed by atoms with E-state index < -0.39 is 5.97 Å². The summed E-state index contributed by atoms with van der Waals surface area (Å²) in [5, 5.41) is 4.42. The number of esters is 1. The minimum Gasteiger partial charge on any atom is -0.402 e. The lowest BCUT2D eigenvalue weighted by Gasteiger charge is -2.35. The minimum absolute atomic E-state index is 0.209. The van der Waals surface area contributed by atoms with Gasteiger partial charge in [-0.3, -0.25) is 4.99 Å². The molecule has 0 bridgehead atoms. The maximum absolute atomic E-state index is 14.1. The molecule has 3 aliphatic rings. The number of carbonyl (C=O) groups excluding carboxylic acids is 1. The molecule has 3 heterocycles. The van der Waals surface area contributed by atoms with Crippen LogP contribution in [0.15, 0.2) is 58.3 Å². The fraction of sp³-hybridized carbons (Fsp3) is 0.286. The number of aliphatic imine (C=N–C) groups is 2. The predicted octanol–water partition coefficient (Wildman–Crippen LogP) is 1.70. The van der Waals surface area contributed by atoms with E-state index >= 15 is 0 Å². The van der Waals surface area contributed by atoms with Crippen molar-refractivity contribution in [3.05, 3.63) is 59.7 Å². The molecular formula is C21H20FN5O2. The Kier molecular flexibility index (Phi) is 4.38. The monoisotopic (exact) mass is 393 g/mol. The zero-order valence-corrected chi connectivity index (χ0v) is 15.8. The normalized spacial score (nSPS) is 20.7. The number of hydrogen-bond donors (Lipinski definition) is 1. The van der Waals surface area contributed by atoms with E-state index in [9.17, 15) is 9.18 Å². The van der Waals surface area contributed by atoms with Gasteiger partial charge in [0.05, 0.1) is 6.54 Å². The number of nitrogens with zero attached hydrogens (tertiary/aromatic N) is 4. The van der Waals surface area contributed by atoms with Gasteiger partial charge in [-0.1, -0.05) is 24.3 Å². The Morgan fingerprint density at radius 2 is 1.86 bits per heavy atom. The van der Waals surface area contributed by atoms with E-state index in [0.717, 1.165) is 45.2 Å². The zero-order valence-electron chi connectivity index (χ0n) is 15.8. The first kappa shape index (κ1) is 17.7. The predicted molar refractivity (Wildman–Crippen MR) is 108 cm³/mol. The van der Waals surface area contributed by atoms with Crippen LogP contribution in [0, 0.1) is 5.82 Å². The number of cyclic esters (lactones) is 1. The van der Waals surface area contributed by atoms with Crippen LogP contribution in [-0.4, -0.2) is 66.9 Å². The third kappa shape index (κ3) is 3.30. The van der Waals surface area contributed by atoms with Crippen molar-refractivity contribution in [1.82, 2.24) is 15.1 Å². The number of halogens is 1. The van der Waals surface area contributed by atoms with Crippen molar-refractivity contribution in [3.8, 4) is 0 Å². The van der Waals surface area contributed by atoms with E-state index in [2.05, 4.69) is 25.1 Å². The second-order valence-corrected chi connectivity index (χ2v) is 7.12.